The van der Waals surface area contributed by atoms with Crippen molar-refractivity contribution in [2.75, 3.05) is 20.6 Å². The molecular formula is C16H33N3O. The van der Waals surface area contributed by atoms with E-state index < -0.39 is 0 Å². The number of hydrogen-bond acceptors (Lipinski definition) is 3. The molecule has 1 amide bonds. The highest BCUT2D eigenvalue weighted by Gasteiger charge is 2.28. The third-order valence-corrected chi connectivity index (χ3v) is 4.69. The summed E-state index contributed by atoms with van der Waals surface area (Å²) in [6.07, 6.45) is 5.85. The molecule has 1 fully saturated rings. The lowest BCUT2D eigenvalue weighted by atomic mass is 9.90. The summed E-state index contributed by atoms with van der Waals surface area (Å²) in [5.74, 6) is 0.809. The van der Waals surface area contributed by atoms with E-state index in [1.54, 1.807) is 0 Å². The van der Waals surface area contributed by atoms with Gasteiger partial charge in [-0.2, -0.15) is 0 Å². The van der Waals surface area contributed by atoms with E-state index in [1.807, 2.05) is 14.0 Å². The van der Waals surface area contributed by atoms with Gasteiger partial charge in [0, 0.05) is 18.6 Å². The molecule has 0 bridgehead atoms. The lowest BCUT2D eigenvalue weighted by Gasteiger charge is -2.37. The van der Waals surface area contributed by atoms with E-state index >= 15 is 0 Å². The Kier molecular flexibility index (Phi) is 7.52. The molecule has 0 saturated heterocycles. The standard InChI is InChI=1S/C16H33N3O/c1-12(2)10-11-18-16(20)13(3)19(5)15-8-6-14(17-4)7-9-15/h12-15,17H,6-11H2,1-5H3,(H,18,20). The van der Waals surface area contributed by atoms with Crippen molar-refractivity contribution in [2.45, 2.75) is 71.0 Å². The Morgan fingerprint density at radius 3 is 2.30 bits per heavy atom. The predicted octanol–water partition coefficient (Wildman–Crippen LogP) is 2.00. The molecule has 0 aromatic carbocycles. The molecule has 118 valence electrons. The van der Waals surface area contributed by atoms with Gasteiger partial charge < -0.3 is 10.6 Å². The van der Waals surface area contributed by atoms with Crippen molar-refractivity contribution >= 4 is 5.91 Å². The zero-order valence-electron chi connectivity index (χ0n) is 13.9. The van der Waals surface area contributed by atoms with Gasteiger partial charge in [0.05, 0.1) is 6.04 Å². The molecule has 1 rings (SSSR count). The van der Waals surface area contributed by atoms with E-state index in [4.69, 9.17) is 0 Å². The van der Waals surface area contributed by atoms with E-state index in [1.165, 1.54) is 25.7 Å². The van der Waals surface area contributed by atoms with Crippen molar-refractivity contribution in [2.24, 2.45) is 5.92 Å². The summed E-state index contributed by atoms with van der Waals surface area (Å²) < 4.78 is 0. The summed E-state index contributed by atoms with van der Waals surface area (Å²) in [5, 5.41) is 6.42. The Bertz CT molecular complexity index is 285. The maximum Gasteiger partial charge on any atom is 0.237 e. The Balaban J connectivity index is 2.34. The molecule has 4 nitrogen and oxygen atoms in total. The second-order valence-electron chi connectivity index (χ2n) is 6.61. The van der Waals surface area contributed by atoms with Crippen LogP contribution in [0.2, 0.25) is 0 Å². The maximum absolute atomic E-state index is 12.2. The van der Waals surface area contributed by atoms with Crippen molar-refractivity contribution in [3.8, 4) is 0 Å². The van der Waals surface area contributed by atoms with Gasteiger partial charge >= 0.3 is 0 Å². The molecule has 0 heterocycles. The average Bonchev–Trinajstić information content (AvgIpc) is 2.45. The molecule has 0 aromatic heterocycles. The third-order valence-electron chi connectivity index (χ3n) is 4.69. The molecule has 1 aliphatic rings. The lowest BCUT2D eigenvalue weighted by Crippen LogP contribution is -2.49. The van der Waals surface area contributed by atoms with Crippen LogP contribution in [0.5, 0.6) is 0 Å². The Labute approximate surface area is 124 Å². The van der Waals surface area contributed by atoms with Gasteiger partial charge in [-0.15, -0.1) is 0 Å². The summed E-state index contributed by atoms with van der Waals surface area (Å²) in [6.45, 7) is 7.18. The molecule has 1 atom stereocenters. The first kappa shape index (κ1) is 17.4. The predicted molar refractivity (Wildman–Crippen MR) is 84.8 cm³/mol. The molecule has 1 aliphatic carbocycles. The van der Waals surface area contributed by atoms with Crippen LogP contribution in [0.4, 0.5) is 0 Å². The van der Waals surface area contributed by atoms with Gasteiger partial charge in [0.25, 0.3) is 0 Å². The van der Waals surface area contributed by atoms with Crippen molar-refractivity contribution in [3.05, 3.63) is 0 Å². The van der Waals surface area contributed by atoms with E-state index in [-0.39, 0.29) is 11.9 Å². The van der Waals surface area contributed by atoms with Crippen LogP contribution in [-0.2, 0) is 4.79 Å². The number of amides is 1. The minimum Gasteiger partial charge on any atom is -0.355 e. The van der Waals surface area contributed by atoms with Gasteiger partial charge in [-0.1, -0.05) is 13.8 Å². The number of likely N-dealkylation sites (N-methyl/N-ethyl adjacent to an activating group) is 1. The minimum atomic E-state index is -0.0294. The van der Waals surface area contributed by atoms with Crippen LogP contribution in [0, 0.1) is 5.92 Å². The van der Waals surface area contributed by atoms with Crippen molar-refractivity contribution < 1.29 is 4.79 Å². The summed E-state index contributed by atoms with van der Waals surface area (Å²) in [4.78, 5) is 14.4. The quantitative estimate of drug-likeness (QED) is 0.751. The Morgan fingerprint density at radius 2 is 1.80 bits per heavy atom. The van der Waals surface area contributed by atoms with Gasteiger partial charge in [0.1, 0.15) is 0 Å². The molecule has 20 heavy (non-hydrogen) atoms. The number of hydrogen-bond donors (Lipinski definition) is 2. The maximum atomic E-state index is 12.2. The van der Waals surface area contributed by atoms with Crippen LogP contribution in [0.1, 0.15) is 52.9 Å². The zero-order chi connectivity index (χ0) is 15.1. The number of nitrogens with one attached hydrogen (secondary N) is 2. The van der Waals surface area contributed by atoms with Crippen molar-refractivity contribution in [1.82, 2.24) is 15.5 Å². The largest absolute Gasteiger partial charge is 0.355 e. The van der Waals surface area contributed by atoms with E-state index in [2.05, 4.69) is 36.4 Å². The smallest absolute Gasteiger partial charge is 0.237 e. The monoisotopic (exact) mass is 283 g/mol. The van der Waals surface area contributed by atoms with Gasteiger partial charge in [0.2, 0.25) is 5.91 Å². The van der Waals surface area contributed by atoms with Gasteiger partial charge in [-0.05, 0) is 59.0 Å². The number of rotatable bonds is 7. The number of carbonyl (C=O) groups excluding carboxylic acids is 1. The average molecular weight is 283 g/mol. The van der Waals surface area contributed by atoms with Crippen LogP contribution in [0.25, 0.3) is 0 Å². The molecule has 1 unspecified atom stereocenters. The fraction of sp³-hybridized carbons (Fsp3) is 0.938. The fourth-order valence-corrected chi connectivity index (χ4v) is 2.90. The highest BCUT2D eigenvalue weighted by atomic mass is 16.2. The summed E-state index contributed by atoms with van der Waals surface area (Å²) >= 11 is 0. The minimum absolute atomic E-state index is 0.0294. The Morgan fingerprint density at radius 1 is 1.20 bits per heavy atom. The highest BCUT2D eigenvalue weighted by molar-refractivity contribution is 5.81. The molecule has 0 aromatic rings. The first-order valence-corrected chi connectivity index (χ1v) is 8.12. The molecule has 2 N–H and O–H groups in total. The first-order valence-electron chi connectivity index (χ1n) is 8.12. The zero-order valence-corrected chi connectivity index (χ0v) is 13.9. The van der Waals surface area contributed by atoms with Crippen molar-refractivity contribution in [1.29, 1.82) is 0 Å². The second-order valence-corrected chi connectivity index (χ2v) is 6.61. The van der Waals surface area contributed by atoms with Crippen LogP contribution < -0.4 is 10.6 Å². The summed E-state index contributed by atoms with van der Waals surface area (Å²) in [5.41, 5.74) is 0. The molecule has 1 saturated carbocycles. The van der Waals surface area contributed by atoms with Crippen LogP contribution in [-0.4, -0.2) is 49.6 Å². The molecule has 0 spiro atoms. The van der Waals surface area contributed by atoms with E-state index in [0.29, 0.717) is 18.0 Å². The number of carbonyl (C=O) groups is 1. The van der Waals surface area contributed by atoms with Crippen molar-refractivity contribution in [3.63, 3.8) is 0 Å². The van der Waals surface area contributed by atoms with Crippen LogP contribution >= 0.6 is 0 Å². The first-order chi connectivity index (χ1) is 9.45. The van der Waals surface area contributed by atoms with Gasteiger partial charge in [-0.3, -0.25) is 9.69 Å². The third kappa shape index (κ3) is 5.41. The lowest BCUT2D eigenvalue weighted by molar-refractivity contribution is -0.126. The molecule has 0 radical (unpaired) electrons. The highest BCUT2D eigenvalue weighted by Crippen LogP contribution is 2.23. The second kappa shape index (κ2) is 8.63. The van der Waals surface area contributed by atoms with Gasteiger partial charge in [0.15, 0.2) is 0 Å². The van der Waals surface area contributed by atoms with E-state index in [9.17, 15) is 4.79 Å². The summed E-state index contributed by atoms with van der Waals surface area (Å²) in [7, 11) is 4.14. The van der Waals surface area contributed by atoms with Crippen LogP contribution in [0.3, 0.4) is 0 Å². The molecule has 4 heteroatoms. The normalized spacial score (nSPS) is 24.9. The Hall–Kier alpha value is -0.610. The van der Waals surface area contributed by atoms with Gasteiger partial charge in [-0.25, -0.2) is 0 Å². The summed E-state index contributed by atoms with van der Waals surface area (Å²) in [6, 6.07) is 1.18. The SMILES string of the molecule is CNC1CCC(N(C)C(C)C(=O)NCCC(C)C)CC1. The van der Waals surface area contributed by atoms with E-state index in [0.717, 1.165) is 13.0 Å². The molecule has 0 aliphatic heterocycles. The number of nitrogens with zero attached hydrogens (tertiary/aromatic N) is 1. The fourth-order valence-electron chi connectivity index (χ4n) is 2.90. The topological polar surface area (TPSA) is 44.4 Å². The van der Waals surface area contributed by atoms with Crippen LogP contribution in [0.15, 0.2) is 0 Å². The molecular weight excluding hydrogens is 250 g/mol.